The fraction of sp³-hybridized carbons (Fsp3) is 0.125. The molecule has 0 fully saturated rings. The summed E-state index contributed by atoms with van der Waals surface area (Å²) in [4.78, 5) is 13.5. The third kappa shape index (κ3) is 2.73. The van der Waals surface area contributed by atoms with Crippen LogP contribution >= 0.6 is 11.3 Å². The molecule has 1 aromatic carbocycles. The summed E-state index contributed by atoms with van der Waals surface area (Å²) in [5, 5.41) is 9.11. The lowest BCUT2D eigenvalue weighted by Crippen LogP contribution is -2.13. The summed E-state index contributed by atoms with van der Waals surface area (Å²) in [6.45, 7) is 0. The van der Waals surface area contributed by atoms with Gasteiger partial charge in [-0.05, 0) is 29.6 Å². The Bertz CT molecular complexity index is 794. The monoisotopic (exact) mass is 313 g/mol. The number of amides is 1. The van der Waals surface area contributed by atoms with Crippen LogP contribution in [0, 0.1) is 0 Å². The van der Waals surface area contributed by atoms with Crippen LogP contribution in [-0.2, 0) is 7.05 Å². The third-order valence-corrected chi connectivity index (χ3v) is 4.13. The van der Waals surface area contributed by atoms with Gasteiger partial charge in [0.25, 0.3) is 5.91 Å². The van der Waals surface area contributed by atoms with Crippen molar-refractivity contribution in [2.75, 3.05) is 12.4 Å². The number of aromatic nitrogens is 2. The highest BCUT2D eigenvalue weighted by atomic mass is 32.1. The number of hydrogen-bond acceptors (Lipinski definition) is 4. The van der Waals surface area contributed by atoms with Crippen molar-refractivity contribution in [2.45, 2.75) is 0 Å². The van der Waals surface area contributed by atoms with Gasteiger partial charge in [-0.1, -0.05) is 18.2 Å². The van der Waals surface area contributed by atoms with Crippen molar-refractivity contribution in [1.29, 1.82) is 0 Å². The number of aryl methyl sites for hydroxylation is 1. The third-order valence-electron chi connectivity index (χ3n) is 3.24. The second-order valence-electron chi connectivity index (χ2n) is 4.67. The number of benzene rings is 1. The van der Waals surface area contributed by atoms with Crippen molar-refractivity contribution < 1.29 is 9.53 Å². The van der Waals surface area contributed by atoms with Gasteiger partial charge in [-0.25, -0.2) is 0 Å². The van der Waals surface area contributed by atoms with Crippen LogP contribution in [0.1, 0.15) is 10.5 Å². The van der Waals surface area contributed by atoms with E-state index in [0.29, 0.717) is 17.1 Å². The van der Waals surface area contributed by atoms with Gasteiger partial charge in [0.15, 0.2) is 5.69 Å². The van der Waals surface area contributed by atoms with Crippen LogP contribution in [0.5, 0.6) is 5.75 Å². The van der Waals surface area contributed by atoms with Gasteiger partial charge in [0.05, 0.1) is 23.4 Å². The molecule has 0 aliphatic carbocycles. The number of thiophene rings is 1. The molecule has 0 aliphatic heterocycles. The van der Waals surface area contributed by atoms with Crippen molar-refractivity contribution in [2.24, 2.45) is 7.05 Å². The maximum atomic E-state index is 12.4. The summed E-state index contributed by atoms with van der Waals surface area (Å²) >= 11 is 1.61. The first-order valence-electron chi connectivity index (χ1n) is 6.71. The summed E-state index contributed by atoms with van der Waals surface area (Å²) in [6, 6.07) is 13.0. The minimum absolute atomic E-state index is 0.261. The molecule has 3 aromatic rings. The summed E-state index contributed by atoms with van der Waals surface area (Å²) in [7, 11) is 3.40. The lowest BCUT2D eigenvalue weighted by molar-refractivity contribution is 0.102. The molecule has 2 heterocycles. The zero-order valence-electron chi connectivity index (χ0n) is 12.2. The Labute approximate surface area is 132 Å². The minimum atomic E-state index is -0.261. The normalized spacial score (nSPS) is 10.5. The predicted octanol–water partition coefficient (Wildman–Crippen LogP) is 3.41. The molecule has 0 atom stereocenters. The van der Waals surface area contributed by atoms with Gasteiger partial charge in [-0.3, -0.25) is 9.48 Å². The van der Waals surface area contributed by atoms with Crippen molar-refractivity contribution in [3.8, 4) is 16.3 Å². The molecule has 0 aliphatic rings. The Morgan fingerprint density at radius 2 is 2.09 bits per heavy atom. The molecule has 1 N–H and O–H groups in total. The second-order valence-corrected chi connectivity index (χ2v) is 5.62. The van der Waals surface area contributed by atoms with Gasteiger partial charge in [0.2, 0.25) is 0 Å². The van der Waals surface area contributed by atoms with Crippen LogP contribution in [-0.4, -0.2) is 22.8 Å². The average molecular weight is 313 g/mol. The van der Waals surface area contributed by atoms with Gasteiger partial charge >= 0.3 is 0 Å². The molecule has 0 radical (unpaired) electrons. The van der Waals surface area contributed by atoms with E-state index in [-0.39, 0.29) is 5.91 Å². The molecule has 0 unspecified atom stereocenters. The van der Waals surface area contributed by atoms with Crippen molar-refractivity contribution >= 4 is 22.9 Å². The number of para-hydroxylation sites is 2. The number of carbonyl (C=O) groups excluding carboxylic acids is 1. The van der Waals surface area contributed by atoms with Crippen LogP contribution < -0.4 is 10.1 Å². The number of nitrogens with one attached hydrogen (secondary N) is 1. The highest BCUT2D eigenvalue weighted by molar-refractivity contribution is 7.13. The number of nitrogens with zero attached hydrogens (tertiary/aromatic N) is 2. The highest BCUT2D eigenvalue weighted by Crippen LogP contribution is 2.26. The van der Waals surface area contributed by atoms with E-state index in [9.17, 15) is 4.79 Å². The fourth-order valence-electron chi connectivity index (χ4n) is 2.17. The molecular formula is C16H15N3O2S. The van der Waals surface area contributed by atoms with E-state index in [1.807, 2.05) is 36.7 Å². The molecular weight excluding hydrogens is 298 g/mol. The van der Waals surface area contributed by atoms with E-state index in [1.165, 1.54) is 0 Å². The second kappa shape index (κ2) is 6.03. The van der Waals surface area contributed by atoms with Crippen LogP contribution in [0.4, 0.5) is 5.69 Å². The van der Waals surface area contributed by atoms with Crippen LogP contribution in [0.2, 0.25) is 0 Å². The van der Waals surface area contributed by atoms with E-state index in [1.54, 1.807) is 41.3 Å². The molecule has 0 bridgehead atoms. The van der Waals surface area contributed by atoms with Gasteiger partial charge in [0.1, 0.15) is 5.75 Å². The van der Waals surface area contributed by atoms with Crippen molar-refractivity contribution in [3.05, 3.63) is 53.5 Å². The summed E-state index contributed by atoms with van der Waals surface area (Å²) in [6.07, 6.45) is 0. The van der Waals surface area contributed by atoms with E-state index in [2.05, 4.69) is 10.4 Å². The molecule has 5 nitrogen and oxygen atoms in total. The van der Waals surface area contributed by atoms with Crippen LogP contribution in [0.25, 0.3) is 10.6 Å². The molecule has 0 saturated carbocycles. The first-order valence-corrected chi connectivity index (χ1v) is 7.59. The maximum absolute atomic E-state index is 12.4. The van der Waals surface area contributed by atoms with Crippen LogP contribution in [0.3, 0.4) is 0 Å². The summed E-state index contributed by atoms with van der Waals surface area (Å²) < 4.78 is 6.94. The standard InChI is InChI=1S/C16H15N3O2S/c1-19-13(15-8-5-9-22-15)10-12(18-19)16(20)17-11-6-3-4-7-14(11)21-2/h3-10H,1-2H3,(H,17,20). The minimum Gasteiger partial charge on any atom is -0.495 e. The zero-order valence-corrected chi connectivity index (χ0v) is 13.1. The molecule has 2 aromatic heterocycles. The quantitative estimate of drug-likeness (QED) is 0.803. The summed E-state index contributed by atoms with van der Waals surface area (Å²) in [5.74, 6) is 0.355. The molecule has 3 rings (SSSR count). The largest absolute Gasteiger partial charge is 0.495 e. The predicted molar refractivity (Wildman–Crippen MR) is 87.5 cm³/mol. The van der Waals surface area contributed by atoms with Gasteiger partial charge in [-0.15, -0.1) is 11.3 Å². The lowest BCUT2D eigenvalue weighted by Gasteiger charge is -2.08. The Morgan fingerprint density at radius 1 is 1.27 bits per heavy atom. The fourth-order valence-corrected chi connectivity index (χ4v) is 2.94. The van der Waals surface area contributed by atoms with E-state index in [4.69, 9.17) is 4.74 Å². The Hall–Kier alpha value is -2.60. The number of hydrogen-bond donors (Lipinski definition) is 1. The first kappa shape index (κ1) is 14.3. The summed E-state index contributed by atoms with van der Waals surface area (Å²) in [5.41, 5.74) is 1.91. The Morgan fingerprint density at radius 3 is 2.82 bits per heavy atom. The topological polar surface area (TPSA) is 56.1 Å². The van der Waals surface area contributed by atoms with Crippen LogP contribution in [0.15, 0.2) is 47.8 Å². The average Bonchev–Trinajstić information content (AvgIpc) is 3.16. The molecule has 0 saturated heterocycles. The smallest absolute Gasteiger partial charge is 0.276 e. The van der Waals surface area contributed by atoms with Gasteiger partial charge in [-0.2, -0.15) is 5.10 Å². The van der Waals surface area contributed by atoms with Crippen molar-refractivity contribution in [1.82, 2.24) is 9.78 Å². The number of rotatable bonds is 4. The number of anilines is 1. The molecule has 22 heavy (non-hydrogen) atoms. The Balaban J connectivity index is 1.86. The van der Waals surface area contributed by atoms with E-state index < -0.39 is 0 Å². The molecule has 1 amide bonds. The number of methoxy groups -OCH3 is 1. The molecule has 112 valence electrons. The number of ether oxygens (including phenoxy) is 1. The number of carbonyl (C=O) groups is 1. The SMILES string of the molecule is COc1ccccc1NC(=O)c1cc(-c2cccs2)n(C)n1. The highest BCUT2D eigenvalue weighted by Gasteiger charge is 2.15. The van der Waals surface area contributed by atoms with Crippen molar-refractivity contribution in [3.63, 3.8) is 0 Å². The Kier molecular flexibility index (Phi) is 3.93. The molecule has 0 spiro atoms. The van der Waals surface area contributed by atoms with E-state index >= 15 is 0 Å². The zero-order chi connectivity index (χ0) is 15.5. The van der Waals surface area contributed by atoms with Gasteiger partial charge < -0.3 is 10.1 Å². The molecule has 6 heteroatoms. The first-order chi connectivity index (χ1) is 10.7. The lowest BCUT2D eigenvalue weighted by atomic mass is 10.2. The van der Waals surface area contributed by atoms with E-state index in [0.717, 1.165) is 10.6 Å². The van der Waals surface area contributed by atoms with Gasteiger partial charge in [0, 0.05) is 7.05 Å². The maximum Gasteiger partial charge on any atom is 0.276 e.